The van der Waals surface area contributed by atoms with Crippen LogP contribution in [0.25, 0.3) is 0 Å². The predicted molar refractivity (Wildman–Crippen MR) is 116 cm³/mol. The fourth-order valence-corrected chi connectivity index (χ4v) is 3.09. The van der Waals surface area contributed by atoms with E-state index in [9.17, 15) is 4.39 Å². The van der Waals surface area contributed by atoms with Crippen LogP contribution in [0.2, 0.25) is 0 Å². The summed E-state index contributed by atoms with van der Waals surface area (Å²) in [6.45, 7) is 4.93. The molecular formula is C17H26FI2N3O. The third kappa shape index (κ3) is 6.89. The van der Waals surface area contributed by atoms with Crippen LogP contribution >= 0.6 is 46.6 Å². The highest BCUT2D eigenvalue weighted by Gasteiger charge is 2.23. The monoisotopic (exact) mass is 561 g/mol. The SMILES string of the molecule is CCNC(=NCCCF)N1CCC(Oc2ccccc2I)CC1.I. The Balaban J connectivity index is 0.00000288. The third-order valence-electron chi connectivity index (χ3n) is 3.76. The highest BCUT2D eigenvalue weighted by Crippen LogP contribution is 2.24. The van der Waals surface area contributed by atoms with Crippen LogP contribution in [0.3, 0.4) is 0 Å². The zero-order valence-electron chi connectivity index (χ0n) is 14.0. The van der Waals surface area contributed by atoms with Crippen molar-refractivity contribution in [3.05, 3.63) is 27.8 Å². The maximum absolute atomic E-state index is 12.2. The van der Waals surface area contributed by atoms with Crippen LogP contribution in [-0.4, -0.2) is 49.8 Å². The Morgan fingerprint density at radius 1 is 1.38 bits per heavy atom. The average Bonchev–Trinajstić information content (AvgIpc) is 2.57. The summed E-state index contributed by atoms with van der Waals surface area (Å²) in [5.74, 6) is 1.86. The summed E-state index contributed by atoms with van der Waals surface area (Å²) >= 11 is 2.31. The van der Waals surface area contributed by atoms with Crippen LogP contribution in [0.5, 0.6) is 5.75 Å². The number of hydrogen-bond donors (Lipinski definition) is 1. The van der Waals surface area contributed by atoms with Gasteiger partial charge in [-0.3, -0.25) is 9.38 Å². The standard InChI is InChI=1S/C17H25FIN3O.HI/c1-2-20-17(21-11-5-10-18)22-12-8-14(9-13-22)23-16-7-4-3-6-15(16)19;/h3-4,6-7,14H,2,5,8-13H2,1H3,(H,20,21);1H. The quantitative estimate of drug-likeness (QED) is 0.247. The van der Waals surface area contributed by atoms with Gasteiger partial charge in [0.2, 0.25) is 0 Å². The summed E-state index contributed by atoms with van der Waals surface area (Å²) < 4.78 is 19.5. The van der Waals surface area contributed by atoms with E-state index in [-0.39, 0.29) is 36.8 Å². The number of nitrogens with zero attached hydrogens (tertiary/aromatic N) is 2. The zero-order valence-corrected chi connectivity index (χ0v) is 18.5. The van der Waals surface area contributed by atoms with E-state index in [1.165, 1.54) is 0 Å². The summed E-state index contributed by atoms with van der Waals surface area (Å²) in [5, 5.41) is 3.30. The molecule has 0 spiro atoms. The highest BCUT2D eigenvalue weighted by molar-refractivity contribution is 14.1. The van der Waals surface area contributed by atoms with Crippen LogP contribution < -0.4 is 10.1 Å². The summed E-state index contributed by atoms with van der Waals surface area (Å²) in [4.78, 5) is 6.75. The largest absolute Gasteiger partial charge is 0.489 e. The summed E-state index contributed by atoms with van der Waals surface area (Å²) in [6, 6.07) is 8.11. The number of benzene rings is 1. The van der Waals surface area contributed by atoms with Gasteiger partial charge in [-0.25, -0.2) is 0 Å². The van der Waals surface area contributed by atoms with E-state index >= 15 is 0 Å². The molecule has 0 atom stereocenters. The first-order chi connectivity index (χ1) is 11.2. The molecule has 7 heteroatoms. The van der Waals surface area contributed by atoms with Crippen molar-refractivity contribution in [2.45, 2.75) is 32.3 Å². The Morgan fingerprint density at radius 3 is 2.71 bits per heavy atom. The van der Waals surface area contributed by atoms with Crippen molar-refractivity contribution in [3.8, 4) is 5.75 Å². The van der Waals surface area contributed by atoms with Gasteiger partial charge in [-0.1, -0.05) is 12.1 Å². The molecule has 4 nitrogen and oxygen atoms in total. The van der Waals surface area contributed by atoms with Gasteiger partial charge in [-0.15, -0.1) is 24.0 Å². The molecule has 0 unspecified atom stereocenters. The van der Waals surface area contributed by atoms with Crippen LogP contribution in [0, 0.1) is 3.57 Å². The minimum atomic E-state index is -0.311. The number of halogens is 3. The smallest absolute Gasteiger partial charge is 0.193 e. The molecule has 2 rings (SSSR count). The summed E-state index contributed by atoms with van der Waals surface area (Å²) in [6.07, 6.45) is 2.67. The van der Waals surface area contributed by atoms with E-state index in [1.807, 2.05) is 18.2 Å². The minimum absolute atomic E-state index is 0. The van der Waals surface area contributed by atoms with Gasteiger partial charge >= 0.3 is 0 Å². The van der Waals surface area contributed by atoms with Gasteiger partial charge in [0.25, 0.3) is 0 Å². The maximum Gasteiger partial charge on any atom is 0.193 e. The van der Waals surface area contributed by atoms with E-state index in [1.54, 1.807) is 0 Å². The minimum Gasteiger partial charge on any atom is -0.489 e. The van der Waals surface area contributed by atoms with Crippen LogP contribution in [0.4, 0.5) is 4.39 Å². The molecule has 0 radical (unpaired) electrons. The van der Waals surface area contributed by atoms with Crippen LogP contribution in [0.1, 0.15) is 26.2 Å². The van der Waals surface area contributed by atoms with Crippen molar-refractivity contribution < 1.29 is 9.13 Å². The molecule has 1 aromatic rings. The van der Waals surface area contributed by atoms with E-state index in [0.29, 0.717) is 13.0 Å². The lowest BCUT2D eigenvalue weighted by atomic mass is 10.1. The molecule has 0 saturated carbocycles. The molecule has 1 aliphatic heterocycles. The third-order valence-corrected chi connectivity index (χ3v) is 4.65. The van der Waals surface area contributed by atoms with Gasteiger partial charge in [0.15, 0.2) is 5.96 Å². The number of alkyl halides is 1. The van der Waals surface area contributed by atoms with E-state index in [2.05, 4.69) is 50.8 Å². The predicted octanol–water partition coefficient (Wildman–Crippen LogP) is 4.08. The molecule has 136 valence electrons. The summed E-state index contributed by atoms with van der Waals surface area (Å²) in [5.41, 5.74) is 0. The lowest BCUT2D eigenvalue weighted by molar-refractivity contribution is 0.128. The molecular weight excluding hydrogens is 535 g/mol. The lowest BCUT2D eigenvalue weighted by Gasteiger charge is -2.34. The van der Waals surface area contributed by atoms with E-state index in [4.69, 9.17) is 4.74 Å². The number of para-hydroxylation sites is 1. The number of likely N-dealkylation sites (tertiary alicyclic amines) is 1. The van der Waals surface area contributed by atoms with Gasteiger partial charge in [0, 0.05) is 39.0 Å². The second-order valence-electron chi connectivity index (χ2n) is 5.51. The Labute approximate surface area is 174 Å². The molecule has 0 aliphatic carbocycles. The van der Waals surface area contributed by atoms with E-state index < -0.39 is 0 Å². The summed E-state index contributed by atoms with van der Waals surface area (Å²) in [7, 11) is 0. The lowest BCUT2D eigenvalue weighted by Crippen LogP contribution is -2.47. The Bertz CT molecular complexity index is 508. The molecule has 0 aromatic heterocycles. The van der Waals surface area contributed by atoms with Gasteiger partial charge < -0.3 is 15.0 Å². The molecule has 1 fully saturated rings. The first-order valence-electron chi connectivity index (χ1n) is 8.25. The van der Waals surface area contributed by atoms with Crippen molar-refractivity contribution in [3.63, 3.8) is 0 Å². The normalized spacial score (nSPS) is 15.8. The molecule has 1 heterocycles. The molecule has 1 saturated heterocycles. The molecule has 24 heavy (non-hydrogen) atoms. The first-order valence-corrected chi connectivity index (χ1v) is 9.33. The fourth-order valence-electron chi connectivity index (χ4n) is 2.58. The molecule has 0 amide bonds. The van der Waals surface area contributed by atoms with Crippen molar-refractivity contribution in [2.75, 3.05) is 32.9 Å². The average molecular weight is 561 g/mol. The van der Waals surface area contributed by atoms with Crippen molar-refractivity contribution in [1.82, 2.24) is 10.2 Å². The Morgan fingerprint density at radius 2 is 2.08 bits per heavy atom. The Hall–Kier alpha value is -0.320. The Kier molecular flexibility index (Phi) is 11.0. The topological polar surface area (TPSA) is 36.9 Å². The second-order valence-corrected chi connectivity index (χ2v) is 6.68. The molecule has 0 bridgehead atoms. The van der Waals surface area contributed by atoms with Gasteiger partial charge in [0.05, 0.1) is 10.2 Å². The molecule has 1 aliphatic rings. The fraction of sp³-hybridized carbons (Fsp3) is 0.588. The first kappa shape index (κ1) is 21.7. The van der Waals surface area contributed by atoms with Crippen molar-refractivity contribution in [2.24, 2.45) is 4.99 Å². The maximum atomic E-state index is 12.2. The van der Waals surface area contributed by atoms with E-state index in [0.717, 1.165) is 47.8 Å². The van der Waals surface area contributed by atoms with Gasteiger partial charge in [-0.05, 0) is 48.1 Å². The number of hydrogen-bond acceptors (Lipinski definition) is 2. The number of guanidine groups is 1. The number of piperidine rings is 1. The molecule has 1 N–H and O–H groups in total. The number of ether oxygens (including phenoxy) is 1. The van der Waals surface area contributed by atoms with Gasteiger partial charge in [-0.2, -0.15) is 0 Å². The zero-order chi connectivity index (χ0) is 16.5. The second kappa shape index (κ2) is 12.1. The van der Waals surface area contributed by atoms with Crippen LogP contribution in [-0.2, 0) is 0 Å². The molecule has 1 aromatic carbocycles. The number of rotatable bonds is 6. The van der Waals surface area contributed by atoms with Crippen molar-refractivity contribution in [1.29, 1.82) is 0 Å². The van der Waals surface area contributed by atoms with Crippen LogP contribution in [0.15, 0.2) is 29.3 Å². The van der Waals surface area contributed by atoms with Gasteiger partial charge in [0.1, 0.15) is 11.9 Å². The number of aliphatic imine (C=N–C) groups is 1. The number of nitrogens with one attached hydrogen (secondary N) is 1. The van der Waals surface area contributed by atoms with Crippen molar-refractivity contribution >= 4 is 52.5 Å². The highest BCUT2D eigenvalue weighted by atomic mass is 127.